The molecule has 0 saturated carbocycles. The second kappa shape index (κ2) is 4.83. The highest BCUT2D eigenvalue weighted by Gasteiger charge is 2.26. The zero-order valence-electron chi connectivity index (χ0n) is 8.93. The van der Waals surface area contributed by atoms with Crippen molar-refractivity contribution >= 4 is 25.7 Å². The molecule has 1 saturated heterocycles. The van der Waals surface area contributed by atoms with E-state index < -0.39 is 32.5 Å². The van der Waals surface area contributed by atoms with Crippen molar-refractivity contribution in [3.63, 3.8) is 0 Å². The first-order chi connectivity index (χ1) is 8.38. The summed E-state index contributed by atoms with van der Waals surface area (Å²) in [6.45, 7) is 0.502. The van der Waals surface area contributed by atoms with Gasteiger partial charge in [-0.2, -0.15) is 0 Å². The lowest BCUT2D eigenvalue weighted by atomic mass is 10.2. The molecule has 1 aliphatic heterocycles. The topological polar surface area (TPSA) is 69.7 Å². The molecule has 1 fully saturated rings. The number of carbonyl (C=O) groups is 1. The smallest absolute Gasteiger partial charge is 0.341 e. The predicted octanol–water partition coefficient (Wildman–Crippen LogP) is 1.31. The summed E-state index contributed by atoms with van der Waals surface area (Å²) < 4.78 is 45.2. The average molecular weight is 295 g/mol. The van der Waals surface area contributed by atoms with Gasteiger partial charge in [0.15, 0.2) is 0 Å². The summed E-state index contributed by atoms with van der Waals surface area (Å²) in [4.78, 5) is 11.2. The fraction of sp³-hybridized carbons (Fsp3) is 0.300. The highest BCUT2D eigenvalue weighted by Crippen LogP contribution is 2.20. The van der Waals surface area contributed by atoms with Gasteiger partial charge >= 0.3 is 5.97 Å². The number of rotatable bonds is 3. The van der Waals surface area contributed by atoms with Crippen LogP contribution in [0.15, 0.2) is 23.1 Å². The lowest BCUT2D eigenvalue weighted by Gasteiger charge is -2.25. The molecule has 0 aliphatic carbocycles. The van der Waals surface area contributed by atoms with Crippen molar-refractivity contribution in [3.8, 4) is 0 Å². The molecular weight excluding hydrogens is 287 g/mol. The Labute approximate surface area is 107 Å². The summed E-state index contributed by atoms with van der Waals surface area (Å²) in [7, 11) is 1.09. The summed E-state index contributed by atoms with van der Waals surface area (Å²) in [6, 6.07) is 2.67. The highest BCUT2D eigenvalue weighted by molar-refractivity contribution is 8.13. The first kappa shape index (κ1) is 13.3. The number of hydrogen-bond donors (Lipinski definition) is 0. The van der Waals surface area contributed by atoms with E-state index >= 15 is 0 Å². The van der Waals surface area contributed by atoms with Crippen LogP contribution in [-0.4, -0.2) is 33.7 Å². The van der Waals surface area contributed by atoms with Crippen LogP contribution >= 0.6 is 10.7 Å². The van der Waals surface area contributed by atoms with Crippen LogP contribution in [0, 0.1) is 5.82 Å². The molecule has 1 aromatic rings. The number of esters is 1. The highest BCUT2D eigenvalue weighted by atomic mass is 35.7. The van der Waals surface area contributed by atoms with E-state index in [1.54, 1.807) is 0 Å². The number of benzene rings is 1. The fourth-order valence-corrected chi connectivity index (χ4v) is 2.09. The van der Waals surface area contributed by atoms with Crippen molar-refractivity contribution in [2.24, 2.45) is 0 Å². The Bertz CT molecular complexity index is 582. The van der Waals surface area contributed by atoms with Crippen molar-refractivity contribution in [1.29, 1.82) is 0 Å². The Morgan fingerprint density at radius 1 is 1.44 bits per heavy atom. The van der Waals surface area contributed by atoms with Crippen LogP contribution in [0.3, 0.4) is 0 Å². The third-order valence-corrected chi connectivity index (χ3v) is 3.67. The minimum atomic E-state index is -4.02. The van der Waals surface area contributed by atoms with Gasteiger partial charge in [0, 0.05) is 10.7 Å². The van der Waals surface area contributed by atoms with Gasteiger partial charge in [-0.3, -0.25) is 0 Å². The Balaban J connectivity index is 2.28. The van der Waals surface area contributed by atoms with E-state index in [-0.39, 0.29) is 18.1 Å². The second-order valence-corrected chi connectivity index (χ2v) is 6.21. The van der Waals surface area contributed by atoms with E-state index in [0.717, 1.165) is 18.2 Å². The fourth-order valence-electron chi connectivity index (χ4n) is 1.31. The minimum Gasteiger partial charge on any atom is -0.454 e. The molecule has 5 nitrogen and oxygen atoms in total. The molecule has 0 radical (unpaired) electrons. The van der Waals surface area contributed by atoms with Crippen LogP contribution < -0.4 is 0 Å². The third-order valence-electron chi connectivity index (χ3n) is 2.32. The first-order valence-electron chi connectivity index (χ1n) is 4.91. The summed E-state index contributed by atoms with van der Waals surface area (Å²) in [5, 5.41) is 0. The molecule has 2 rings (SSSR count). The van der Waals surface area contributed by atoms with E-state index in [0.29, 0.717) is 0 Å². The van der Waals surface area contributed by atoms with Gasteiger partial charge in [-0.05, 0) is 18.2 Å². The van der Waals surface area contributed by atoms with Crippen LogP contribution in [0.4, 0.5) is 4.39 Å². The van der Waals surface area contributed by atoms with E-state index in [4.69, 9.17) is 20.2 Å². The standard InChI is InChI=1S/C10H8ClFO5S/c11-18(14,15)7-1-2-9(12)8(3-7)10(13)17-6-4-16-5-6/h1-3,6H,4-5H2. The van der Waals surface area contributed by atoms with Gasteiger partial charge in [-0.15, -0.1) is 0 Å². The number of carbonyl (C=O) groups excluding carboxylic acids is 1. The molecule has 0 aromatic heterocycles. The molecule has 18 heavy (non-hydrogen) atoms. The Morgan fingerprint density at radius 2 is 2.11 bits per heavy atom. The number of ether oxygens (including phenoxy) is 2. The summed E-state index contributed by atoms with van der Waals surface area (Å²) in [5.41, 5.74) is -0.469. The summed E-state index contributed by atoms with van der Waals surface area (Å²) >= 11 is 0. The molecule has 1 aromatic carbocycles. The van der Waals surface area contributed by atoms with Crippen molar-refractivity contribution < 1.29 is 27.1 Å². The maximum atomic E-state index is 13.4. The van der Waals surface area contributed by atoms with Crippen molar-refractivity contribution in [2.45, 2.75) is 11.0 Å². The zero-order chi connectivity index (χ0) is 13.3. The van der Waals surface area contributed by atoms with Gasteiger partial charge in [0.25, 0.3) is 9.05 Å². The molecule has 0 spiro atoms. The first-order valence-corrected chi connectivity index (χ1v) is 7.22. The van der Waals surface area contributed by atoms with Crippen molar-refractivity contribution in [1.82, 2.24) is 0 Å². The van der Waals surface area contributed by atoms with Crippen LogP contribution in [0.25, 0.3) is 0 Å². The van der Waals surface area contributed by atoms with E-state index in [9.17, 15) is 17.6 Å². The van der Waals surface area contributed by atoms with Crippen molar-refractivity contribution in [3.05, 3.63) is 29.6 Å². The van der Waals surface area contributed by atoms with Crippen molar-refractivity contribution in [2.75, 3.05) is 13.2 Å². The monoisotopic (exact) mass is 294 g/mol. The Morgan fingerprint density at radius 3 is 2.61 bits per heavy atom. The second-order valence-electron chi connectivity index (χ2n) is 3.64. The van der Waals surface area contributed by atoms with Crippen LogP contribution in [0.2, 0.25) is 0 Å². The quantitative estimate of drug-likeness (QED) is 0.621. The average Bonchev–Trinajstić information content (AvgIpc) is 2.22. The lowest BCUT2D eigenvalue weighted by Crippen LogP contribution is -2.38. The molecular formula is C10H8ClFO5S. The van der Waals surface area contributed by atoms with Crippen LogP contribution in [-0.2, 0) is 18.5 Å². The van der Waals surface area contributed by atoms with E-state index in [2.05, 4.69) is 0 Å². The van der Waals surface area contributed by atoms with Gasteiger partial charge in [-0.1, -0.05) is 0 Å². The molecule has 8 heteroatoms. The van der Waals surface area contributed by atoms with Gasteiger partial charge < -0.3 is 9.47 Å². The summed E-state index contributed by atoms with van der Waals surface area (Å²) in [5.74, 6) is -1.81. The molecule has 0 bridgehead atoms. The molecule has 1 heterocycles. The Hall–Kier alpha value is -1.18. The normalized spacial score (nSPS) is 16.1. The molecule has 1 aliphatic rings. The van der Waals surface area contributed by atoms with E-state index in [1.165, 1.54) is 0 Å². The predicted molar refractivity (Wildman–Crippen MR) is 59.5 cm³/mol. The third kappa shape index (κ3) is 2.80. The maximum absolute atomic E-state index is 13.4. The lowest BCUT2D eigenvalue weighted by molar-refractivity contribution is -0.103. The van der Waals surface area contributed by atoms with Gasteiger partial charge in [-0.25, -0.2) is 17.6 Å². The van der Waals surface area contributed by atoms with Gasteiger partial charge in [0.1, 0.15) is 11.9 Å². The maximum Gasteiger partial charge on any atom is 0.341 e. The Kier molecular flexibility index (Phi) is 3.56. The molecule has 0 N–H and O–H groups in total. The largest absolute Gasteiger partial charge is 0.454 e. The SMILES string of the molecule is O=C(OC1COC1)c1cc(S(=O)(=O)Cl)ccc1F. The zero-order valence-corrected chi connectivity index (χ0v) is 10.5. The van der Waals surface area contributed by atoms with Gasteiger partial charge in [0.2, 0.25) is 0 Å². The van der Waals surface area contributed by atoms with Crippen LogP contribution in [0.5, 0.6) is 0 Å². The molecule has 0 unspecified atom stereocenters. The van der Waals surface area contributed by atoms with Crippen LogP contribution in [0.1, 0.15) is 10.4 Å². The van der Waals surface area contributed by atoms with Gasteiger partial charge in [0.05, 0.1) is 23.7 Å². The molecule has 0 atom stereocenters. The molecule has 0 amide bonds. The number of halogens is 2. The minimum absolute atomic E-state index is 0.251. The van der Waals surface area contributed by atoms with E-state index in [1.807, 2.05) is 0 Å². The molecule has 98 valence electrons. The summed E-state index contributed by atoms with van der Waals surface area (Å²) in [6.07, 6.45) is -0.423. The number of hydrogen-bond acceptors (Lipinski definition) is 5.